The highest BCUT2D eigenvalue weighted by Crippen LogP contribution is 2.38. The van der Waals surface area contributed by atoms with E-state index in [0.29, 0.717) is 29.2 Å². The Balaban J connectivity index is 1.49. The van der Waals surface area contributed by atoms with Crippen LogP contribution in [0, 0.1) is 13.8 Å². The minimum absolute atomic E-state index is 0.00185. The summed E-state index contributed by atoms with van der Waals surface area (Å²) in [6.45, 7) is 13.6. The van der Waals surface area contributed by atoms with E-state index in [1.54, 1.807) is 19.2 Å². The maximum atomic E-state index is 13.5. The van der Waals surface area contributed by atoms with Gasteiger partial charge in [0.1, 0.15) is 5.00 Å². The molecule has 9 heteroatoms. The lowest BCUT2D eigenvalue weighted by molar-refractivity contribution is -0.129. The Labute approximate surface area is 259 Å². The summed E-state index contributed by atoms with van der Waals surface area (Å²) in [6.07, 6.45) is 5.41. The predicted molar refractivity (Wildman–Crippen MR) is 175 cm³/mol. The lowest BCUT2D eigenvalue weighted by Gasteiger charge is -2.25. The molecule has 228 valence electrons. The number of nitrogens with zero attached hydrogens (tertiary/aromatic N) is 3. The average Bonchev–Trinajstić information content (AvgIpc) is 3.36. The Kier molecular flexibility index (Phi) is 11.3. The number of nitrogens with one attached hydrogen (secondary N) is 2. The summed E-state index contributed by atoms with van der Waals surface area (Å²) in [5.74, 6) is -0.610. The van der Waals surface area contributed by atoms with Crippen molar-refractivity contribution < 1.29 is 14.4 Å². The van der Waals surface area contributed by atoms with E-state index in [0.717, 1.165) is 72.4 Å². The lowest BCUT2D eigenvalue weighted by atomic mass is 9.95. The highest BCUT2D eigenvalue weighted by atomic mass is 32.1. The van der Waals surface area contributed by atoms with E-state index in [1.807, 2.05) is 48.2 Å². The molecule has 1 aliphatic carbocycles. The van der Waals surface area contributed by atoms with E-state index < -0.39 is 0 Å². The molecule has 0 radical (unpaired) electrons. The van der Waals surface area contributed by atoms with Crippen molar-refractivity contribution in [3.63, 3.8) is 0 Å². The summed E-state index contributed by atoms with van der Waals surface area (Å²) in [7, 11) is 0. The zero-order valence-electron chi connectivity index (χ0n) is 26.0. The molecule has 0 atom stereocenters. The molecule has 0 unspecified atom stereocenters. The van der Waals surface area contributed by atoms with Gasteiger partial charge in [-0.05, 0) is 92.6 Å². The van der Waals surface area contributed by atoms with Crippen molar-refractivity contribution in [2.75, 3.05) is 31.5 Å². The number of likely N-dealkylation sites (N-methyl/N-ethyl adjacent to an activating group) is 1. The fraction of sp³-hybridized carbons (Fsp3) is 0.412. The number of thiophene rings is 1. The number of amides is 3. The van der Waals surface area contributed by atoms with Gasteiger partial charge in [0.2, 0.25) is 5.91 Å². The highest BCUT2D eigenvalue weighted by Gasteiger charge is 2.26. The Morgan fingerprint density at radius 3 is 2.44 bits per heavy atom. The van der Waals surface area contributed by atoms with Crippen molar-refractivity contribution in [3.8, 4) is 0 Å². The van der Waals surface area contributed by atoms with E-state index >= 15 is 0 Å². The van der Waals surface area contributed by atoms with Crippen LogP contribution < -0.4 is 10.7 Å². The van der Waals surface area contributed by atoms with Crippen molar-refractivity contribution in [1.82, 2.24) is 15.2 Å². The molecule has 4 rings (SSSR count). The number of hydrogen-bond acceptors (Lipinski definition) is 6. The Bertz CT molecular complexity index is 1490. The first-order chi connectivity index (χ1) is 20.7. The van der Waals surface area contributed by atoms with Crippen LogP contribution in [-0.4, -0.2) is 59.9 Å². The van der Waals surface area contributed by atoms with Gasteiger partial charge in [-0.3, -0.25) is 14.4 Å². The smallest absolute Gasteiger partial charge is 0.274 e. The molecule has 0 saturated carbocycles. The normalized spacial score (nSPS) is 12.8. The summed E-state index contributed by atoms with van der Waals surface area (Å²) in [5.41, 5.74) is 8.81. The summed E-state index contributed by atoms with van der Waals surface area (Å²) in [6, 6.07) is 13.4. The molecule has 0 bridgehead atoms. The van der Waals surface area contributed by atoms with Crippen molar-refractivity contribution in [3.05, 3.63) is 86.3 Å². The van der Waals surface area contributed by atoms with Crippen LogP contribution in [0.3, 0.4) is 0 Å². The first-order valence-electron chi connectivity index (χ1n) is 15.1. The molecule has 1 aromatic heterocycles. The second-order valence-corrected chi connectivity index (χ2v) is 12.2. The Morgan fingerprint density at radius 1 is 0.953 bits per heavy atom. The molecule has 0 saturated heterocycles. The molecule has 2 N–H and O–H groups in total. The number of fused-ring (bicyclic) bond motifs is 1. The van der Waals surface area contributed by atoms with Gasteiger partial charge in [-0.2, -0.15) is 5.10 Å². The minimum atomic E-state index is -0.325. The van der Waals surface area contributed by atoms with Crippen molar-refractivity contribution in [2.45, 2.75) is 66.8 Å². The van der Waals surface area contributed by atoms with Gasteiger partial charge in [0.25, 0.3) is 11.8 Å². The molecular weight excluding hydrogens is 558 g/mol. The second kappa shape index (κ2) is 15.1. The highest BCUT2D eigenvalue weighted by molar-refractivity contribution is 7.17. The molecule has 43 heavy (non-hydrogen) atoms. The molecule has 3 amide bonds. The molecule has 0 fully saturated rings. The summed E-state index contributed by atoms with van der Waals surface area (Å²) in [4.78, 5) is 44.5. The fourth-order valence-electron chi connectivity index (χ4n) is 5.32. The van der Waals surface area contributed by atoms with Gasteiger partial charge in [0.05, 0.1) is 11.8 Å². The van der Waals surface area contributed by atoms with Gasteiger partial charge in [0.15, 0.2) is 0 Å². The molecule has 1 heterocycles. The predicted octanol–water partition coefficient (Wildman–Crippen LogP) is 5.95. The van der Waals surface area contributed by atoms with E-state index in [2.05, 4.69) is 41.5 Å². The van der Waals surface area contributed by atoms with E-state index in [-0.39, 0.29) is 17.7 Å². The van der Waals surface area contributed by atoms with Crippen LogP contribution in [0.5, 0.6) is 0 Å². The number of carbonyl (C=O) groups is 3. The van der Waals surface area contributed by atoms with Crippen LogP contribution >= 0.6 is 11.3 Å². The van der Waals surface area contributed by atoms with Crippen molar-refractivity contribution in [2.24, 2.45) is 5.10 Å². The Hall–Kier alpha value is -3.82. The fourth-order valence-corrected chi connectivity index (χ4v) is 6.60. The number of aryl methyl sites for hydroxylation is 3. The largest absolute Gasteiger partial charge is 0.337 e. The number of anilines is 1. The molecule has 0 aliphatic heterocycles. The number of hydrogen-bond donors (Lipinski definition) is 2. The number of hydrazone groups is 1. The van der Waals surface area contributed by atoms with E-state index in [1.165, 1.54) is 16.9 Å². The van der Waals surface area contributed by atoms with E-state index in [4.69, 9.17) is 0 Å². The molecular formula is C34H43N5O3S. The average molecular weight is 602 g/mol. The molecule has 8 nitrogen and oxygen atoms in total. The van der Waals surface area contributed by atoms with Crippen molar-refractivity contribution >= 4 is 40.3 Å². The van der Waals surface area contributed by atoms with Crippen LogP contribution in [0.2, 0.25) is 0 Å². The monoisotopic (exact) mass is 601 g/mol. The second-order valence-electron chi connectivity index (χ2n) is 11.1. The molecule has 0 spiro atoms. The summed E-state index contributed by atoms with van der Waals surface area (Å²) < 4.78 is 0. The van der Waals surface area contributed by atoms with Crippen LogP contribution in [0.15, 0.2) is 47.6 Å². The first-order valence-corrected chi connectivity index (χ1v) is 15.9. The van der Waals surface area contributed by atoms with E-state index in [9.17, 15) is 14.4 Å². The number of benzene rings is 2. The molecule has 1 aliphatic rings. The van der Waals surface area contributed by atoms with Crippen LogP contribution in [0.25, 0.3) is 0 Å². The van der Waals surface area contributed by atoms with Gasteiger partial charge in [-0.25, -0.2) is 5.43 Å². The van der Waals surface area contributed by atoms with Gasteiger partial charge in [-0.15, -0.1) is 11.3 Å². The number of carbonyl (C=O) groups excluding carboxylic acids is 3. The Morgan fingerprint density at radius 2 is 1.72 bits per heavy atom. The van der Waals surface area contributed by atoms with Crippen LogP contribution in [-0.2, 0) is 24.2 Å². The van der Waals surface area contributed by atoms with Gasteiger partial charge in [-0.1, -0.05) is 44.2 Å². The van der Waals surface area contributed by atoms with Crippen molar-refractivity contribution in [1.29, 1.82) is 0 Å². The molecule has 3 aromatic rings. The van der Waals surface area contributed by atoms with Gasteiger partial charge >= 0.3 is 0 Å². The third kappa shape index (κ3) is 8.39. The van der Waals surface area contributed by atoms with Gasteiger partial charge < -0.3 is 15.1 Å². The standard InChI is InChI=1S/C34H43N5O3S/c1-6-38(7-2)17-18-39(25(5)40)22-27-11-10-12-28(20-27)32(41)36-34-31(29-13-8-9-14-30(29)43-34)33(42)37-35-21-26-16-15-23(3)24(4)19-26/h10-12,15-16,19-21H,6-9,13-14,17-18,22H2,1-5H3,(H,36,41)(H,37,42)/b35-21+. The van der Waals surface area contributed by atoms with Crippen LogP contribution in [0.1, 0.15) is 87.0 Å². The summed E-state index contributed by atoms with van der Waals surface area (Å²) in [5, 5.41) is 7.79. The zero-order valence-corrected chi connectivity index (χ0v) is 26.8. The first kappa shape index (κ1) is 32.1. The minimum Gasteiger partial charge on any atom is -0.337 e. The zero-order chi connectivity index (χ0) is 30.9. The maximum absolute atomic E-state index is 13.5. The SMILES string of the molecule is CCN(CC)CCN(Cc1cccc(C(=O)Nc2sc3c(c2C(=O)N/N=C/c2ccc(C)c(C)c2)CCCC3)c1)C(C)=O. The molecule has 2 aromatic carbocycles. The third-order valence-corrected chi connectivity index (χ3v) is 9.33. The topological polar surface area (TPSA) is 94.1 Å². The number of rotatable bonds is 12. The lowest BCUT2D eigenvalue weighted by Crippen LogP contribution is -2.37. The van der Waals surface area contributed by atoms with Crippen LogP contribution in [0.4, 0.5) is 5.00 Å². The summed E-state index contributed by atoms with van der Waals surface area (Å²) >= 11 is 1.48. The maximum Gasteiger partial charge on any atom is 0.274 e. The van der Waals surface area contributed by atoms with Gasteiger partial charge in [0, 0.05) is 37.0 Å². The quantitative estimate of drug-likeness (QED) is 0.198. The third-order valence-electron chi connectivity index (χ3n) is 8.12.